The highest BCUT2D eigenvalue weighted by Gasteiger charge is 2.13. The van der Waals surface area contributed by atoms with E-state index in [0.717, 1.165) is 0 Å². The normalized spacial score (nSPS) is 9.80. The van der Waals surface area contributed by atoms with Gasteiger partial charge in [0.25, 0.3) is 0 Å². The van der Waals surface area contributed by atoms with Crippen molar-refractivity contribution in [1.82, 2.24) is 0 Å². The Morgan fingerprint density at radius 3 is 2.33 bits per heavy atom. The Morgan fingerprint density at radius 1 is 1.27 bits per heavy atom. The summed E-state index contributed by atoms with van der Waals surface area (Å²) in [5, 5.41) is 9.65. The van der Waals surface area contributed by atoms with Crippen LogP contribution in [0.5, 0.6) is 11.5 Å². The van der Waals surface area contributed by atoms with E-state index in [-0.39, 0.29) is 22.8 Å². The first-order chi connectivity index (χ1) is 6.93. The largest absolute Gasteiger partial charge is 0.507 e. The number of ketones is 1. The molecule has 0 radical (unpaired) electrons. The Hall–Kier alpha value is -1.84. The van der Waals surface area contributed by atoms with Crippen LogP contribution >= 0.6 is 0 Å². The first-order valence-corrected chi connectivity index (χ1v) is 4.45. The number of aromatic hydroxyl groups is 1. The highest BCUT2D eigenvalue weighted by molar-refractivity contribution is 5.97. The number of hydrogen-bond acceptors (Lipinski definition) is 4. The number of carbonyl (C=O) groups excluding carboxylic acids is 2. The number of Topliss-reactive ketones (excluding diaryl/α,β-unsaturated/α-hetero) is 1. The molecule has 0 saturated carbocycles. The highest BCUT2D eigenvalue weighted by atomic mass is 16.5. The van der Waals surface area contributed by atoms with E-state index in [0.29, 0.717) is 5.56 Å². The van der Waals surface area contributed by atoms with Crippen LogP contribution in [-0.2, 0) is 4.79 Å². The number of rotatable bonds is 2. The Kier molecular flexibility index (Phi) is 3.09. The molecule has 0 amide bonds. The first kappa shape index (κ1) is 11.2. The Balaban J connectivity index is 3.21. The maximum Gasteiger partial charge on any atom is 0.308 e. The summed E-state index contributed by atoms with van der Waals surface area (Å²) in [5.41, 5.74) is 0.612. The number of phenolic OH excluding ortho intramolecular Hbond substituents is 1. The number of esters is 1. The molecule has 0 fully saturated rings. The second-order valence-corrected chi connectivity index (χ2v) is 3.23. The van der Waals surface area contributed by atoms with Gasteiger partial charge in [-0.05, 0) is 26.0 Å². The van der Waals surface area contributed by atoms with Gasteiger partial charge in [-0.15, -0.1) is 0 Å². The van der Waals surface area contributed by atoms with Gasteiger partial charge < -0.3 is 9.84 Å². The van der Waals surface area contributed by atoms with Crippen molar-refractivity contribution in [1.29, 1.82) is 0 Å². The Labute approximate surface area is 87.5 Å². The van der Waals surface area contributed by atoms with Crippen molar-refractivity contribution in [3.63, 3.8) is 0 Å². The van der Waals surface area contributed by atoms with Crippen LogP contribution in [0, 0.1) is 6.92 Å². The molecule has 1 rings (SSSR count). The fourth-order valence-electron chi connectivity index (χ4n) is 1.23. The smallest absolute Gasteiger partial charge is 0.308 e. The van der Waals surface area contributed by atoms with E-state index in [1.54, 1.807) is 6.92 Å². The van der Waals surface area contributed by atoms with E-state index in [1.807, 2.05) is 0 Å². The van der Waals surface area contributed by atoms with Gasteiger partial charge in [0.1, 0.15) is 11.5 Å². The maximum atomic E-state index is 11.1. The van der Waals surface area contributed by atoms with E-state index in [4.69, 9.17) is 4.74 Å². The van der Waals surface area contributed by atoms with Crippen LogP contribution in [0.4, 0.5) is 0 Å². The van der Waals surface area contributed by atoms with Gasteiger partial charge in [-0.3, -0.25) is 9.59 Å². The molecule has 0 unspecified atom stereocenters. The summed E-state index contributed by atoms with van der Waals surface area (Å²) in [4.78, 5) is 21.8. The van der Waals surface area contributed by atoms with Gasteiger partial charge >= 0.3 is 5.97 Å². The molecule has 0 heterocycles. The standard InChI is InChI=1S/C11H12O4/c1-6-10(15-8(3)13)5-4-9(7(2)12)11(6)14/h4-5,14H,1-3H3. The van der Waals surface area contributed by atoms with Crippen molar-refractivity contribution in [2.45, 2.75) is 20.8 Å². The van der Waals surface area contributed by atoms with E-state index < -0.39 is 5.97 Å². The van der Waals surface area contributed by atoms with Crippen LogP contribution in [0.1, 0.15) is 29.8 Å². The molecule has 80 valence electrons. The topological polar surface area (TPSA) is 63.6 Å². The zero-order chi connectivity index (χ0) is 11.6. The molecule has 0 spiro atoms. The van der Waals surface area contributed by atoms with Crippen molar-refractivity contribution >= 4 is 11.8 Å². The fourth-order valence-corrected chi connectivity index (χ4v) is 1.23. The average Bonchev–Trinajstić information content (AvgIpc) is 2.12. The molecule has 1 aromatic rings. The lowest BCUT2D eigenvalue weighted by Crippen LogP contribution is -2.04. The van der Waals surface area contributed by atoms with E-state index in [2.05, 4.69) is 0 Å². The van der Waals surface area contributed by atoms with Gasteiger partial charge in [0, 0.05) is 12.5 Å². The molecule has 0 aliphatic heterocycles. The van der Waals surface area contributed by atoms with E-state index >= 15 is 0 Å². The monoisotopic (exact) mass is 208 g/mol. The zero-order valence-corrected chi connectivity index (χ0v) is 8.83. The molecule has 1 N–H and O–H groups in total. The number of ether oxygens (including phenoxy) is 1. The van der Waals surface area contributed by atoms with E-state index in [9.17, 15) is 14.7 Å². The Morgan fingerprint density at radius 2 is 1.87 bits per heavy atom. The molecule has 0 bridgehead atoms. The summed E-state index contributed by atoms with van der Waals surface area (Å²) < 4.78 is 4.85. The minimum atomic E-state index is -0.465. The lowest BCUT2D eigenvalue weighted by molar-refractivity contribution is -0.131. The van der Waals surface area contributed by atoms with Gasteiger partial charge in [-0.25, -0.2) is 0 Å². The fraction of sp³-hybridized carbons (Fsp3) is 0.273. The van der Waals surface area contributed by atoms with Crippen LogP contribution in [0.3, 0.4) is 0 Å². The molecule has 4 nitrogen and oxygen atoms in total. The first-order valence-electron chi connectivity index (χ1n) is 4.45. The third-order valence-electron chi connectivity index (χ3n) is 2.01. The van der Waals surface area contributed by atoms with Gasteiger partial charge in [-0.2, -0.15) is 0 Å². The lowest BCUT2D eigenvalue weighted by Gasteiger charge is -2.09. The third-order valence-corrected chi connectivity index (χ3v) is 2.01. The van der Waals surface area contributed by atoms with Crippen LogP contribution in [0.2, 0.25) is 0 Å². The molecular weight excluding hydrogens is 196 g/mol. The molecular formula is C11H12O4. The summed E-state index contributed by atoms with van der Waals surface area (Å²) in [6.07, 6.45) is 0. The zero-order valence-electron chi connectivity index (χ0n) is 8.83. The minimum absolute atomic E-state index is 0.138. The number of carbonyl (C=O) groups is 2. The van der Waals surface area contributed by atoms with E-state index in [1.165, 1.54) is 26.0 Å². The van der Waals surface area contributed by atoms with Crippen LogP contribution in [0.25, 0.3) is 0 Å². The summed E-state index contributed by atoms with van der Waals surface area (Å²) >= 11 is 0. The Bertz CT molecular complexity index is 421. The van der Waals surface area contributed by atoms with Crippen molar-refractivity contribution in [2.75, 3.05) is 0 Å². The van der Waals surface area contributed by atoms with Gasteiger partial charge in [0.2, 0.25) is 0 Å². The van der Waals surface area contributed by atoms with Crippen LogP contribution in [0.15, 0.2) is 12.1 Å². The molecule has 0 aliphatic carbocycles. The average molecular weight is 208 g/mol. The molecule has 0 atom stereocenters. The second-order valence-electron chi connectivity index (χ2n) is 3.23. The third kappa shape index (κ3) is 2.34. The summed E-state index contributed by atoms with van der Waals surface area (Å²) in [5.74, 6) is -0.565. The summed E-state index contributed by atoms with van der Waals surface area (Å²) in [6.45, 7) is 4.22. The molecule has 4 heteroatoms. The second kappa shape index (κ2) is 4.13. The molecule has 1 aromatic carbocycles. The quantitative estimate of drug-likeness (QED) is 0.457. The minimum Gasteiger partial charge on any atom is -0.507 e. The summed E-state index contributed by atoms with van der Waals surface area (Å²) in [6, 6.07) is 2.93. The SMILES string of the molecule is CC(=O)Oc1ccc(C(C)=O)c(O)c1C. The lowest BCUT2D eigenvalue weighted by atomic mass is 10.1. The molecule has 15 heavy (non-hydrogen) atoms. The molecule has 0 saturated heterocycles. The van der Waals surface area contributed by atoms with Gasteiger partial charge in [0.15, 0.2) is 5.78 Å². The number of phenols is 1. The van der Waals surface area contributed by atoms with Crippen LogP contribution in [-0.4, -0.2) is 16.9 Å². The van der Waals surface area contributed by atoms with Crippen molar-refractivity contribution in [3.8, 4) is 11.5 Å². The predicted molar refractivity (Wildman–Crippen MR) is 54.2 cm³/mol. The predicted octanol–water partition coefficient (Wildman–Crippen LogP) is 1.83. The number of hydrogen-bond donors (Lipinski definition) is 1. The molecule has 0 aromatic heterocycles. The maximum absolute atomic E-state index is 11.1. The number of benzene rings is 1. The van der Waals surface area contributed by atoms with Crippen LogP contribution < -0.4 is 4.74 Å². The summed E-state index contributed by atoms with van der Waals surface area (Å²) in [7, 11) is 0. The van der Waals surface area contributed by atoms with Gasteiger partial charge in [-0.1, -0.05) is 0 Å². The van der Waals surface area contributed by atoms with Crippen molar-refractivity contribution in [2.24, 2.45) is 0 Å². The van der Waals surface area contributed by atoms with Gasteiger partial charge in [0.05, 0.1) is 5.56 Å². The highest BCUT2D eigenvalue weighted by Crippen LogP contribution is 2.30. The van der Waals surface area contributed by atoms with Crippen molar-refractivity contribution < 1.29 is 19.4 Å². The van der Waals surface area contributed by atoms with Crippen molar-refractivity contribution in [3.05, 3.63) is 23.3 Å². The molecule has 0 aliphatic rings.